The van der Waals surface area contributed by atoms with E-state index in [4.69, 9.17) is 4.52 Å². The van der Waals surface area contributed by atoms with Crippen LogP contribution in [0.25, 0.3) is 11.5 Å². The second kappa shape index (κ2) is 6.08. The third-order valence-corrected chi connectivity index (χ3v) is 3.72. The first-order chi connectivity index (χ1) is 10.5. The Hall–Kier alpha value is -1.89. The molecule has 1 saturated heterocycles. The van der Waals surface area contributed by atoms with E-state index in [2.05, 4.69) is 15.0 Å². The maximum absolute atomic E-state index is 12.7. The molecule has 1 aliphatic heterocycles. The summed E-state index contributed by atoms with van der Waals surface area (Å²) in [5.74, 6) is 0.632. The van der Waals surface area contributed by atoms with Crippen LogP contribution in [-0.4, -0.2) is 28.1 Å². The molecule has 0 aliphatic carbocycles. The smallest absolute Gasteiger partial charge is 0.334 e. The average Bonchev–Trinajstić information content (AvgIpc) is 2.96. The van der Waals surface area contributed by atoms with Gasteiger partial charge in [-0.15, -0.1) is 0 Å². The van der Waals surface area contributed by atoms with Crippen molar-refractivity contribution in [2.75, 3.05) is 13.1 Å². The number of piperidine rings is 1. The summed E-state index contributed by atoms with van der Waals surface area (Å²) in [7, 11) is 0. The zero-order chi connectivity index (χ0) is 15.6. The molecule has 2 heterocycles. The van der Waals surface area contributed by atoms with Gasteiger partial charge in [0.1, 0.15) is 0 Å². The van der Waals surface area contributed by atoms with E-state index in [1.54, 1.807) is 0 Å². The summed E-state index contributed by atoms with van der Waals surface area (Å²) in [6, 6.07) is 4.92. The van der Waals surface area contributed by atoms with Gasteiger partial charge in [-0.05, 0) is 44.1 Å². The zero-order valence-electron chi connectivity index (χ0n) is 11.9. The third kappa shape index (κ3) is 3.47. The molecule has 22 heavy (non-hydrogen) atoms. The first kappa shape index (κ1) is 15.0. The quantitative estimate of drug-likeness (QED) is 0.866. The number of hydrogen-bond acceptors (Lipinski definition) is 4. The van der Waals surface area contributed by atoms with Gasteiger partial charge in [0.25, 0.3) is 5.89 Å². The molecular weight excluding hydrogens is 295 g/mol. The van der Waals surface area contributed by atoms with E-state index < -0.39 is 11.7 Å². The highest BCUT2D eigenvalue weighted by molar-refractivity contribution is 5.54. The molecule has 0 N–H and O–H groups in total. The minimum absolute atomic E-state index is 0.123. The summed E-state index contributed by atoms with van der Waals surface area (Å²) in [4.78, 5) is 6.44. The van der Waals surface area contributed by atoms with Crippen molar-refractivity contribution in [3.8, 4) is 11.5 Å². The Balaban J connectivity index is 1.75. The van der Waals surface area contributed by atoms with Crippen molar-refractivity contribution in [3.05, 3.63) is 35.7 Å². The van der Waals surface area contributed by atoms with Crippen LogP contribution < -0.4 is 0 Å². The Labute approximate surface area is 125 Å². The molecular formula is C15H16F3N3O. The lowest BCUT2D eigenvalue weighted by atomic mass is 10.1. The van der Waals surface area contributed by atoms with Gasteiger partial charge in [-0.3, -0.25) is 4.90 Å². The highest BCUT2D eigenvalue weighted by Crippen LogP contribution is 2.31. The number of rotatable bonds is 3. The van der Waals surface area contributed by atoms with Crippen LogP contribution in [-0.2, 0) is 12.7 Å². The van der Waals surface area contributed by atoms with Crippen LogP contribution in [0.5, 0.6) is 0 Å². The van der Waals surface area contributed by atoms with E-state index in [1.807, 2.05) is 0 Å². The monoisotopic (exact) mass is 311 g/mol. The maximum Gasteiger partial charge on any atom is 0.416 e. The van der Waals surface area contributed by atoms with Gasteiger partial charge < -0.3 is 4.52 Å². The zero-order valence-corrected chi connectivity index (χ0v) is 11.9. The molecule has 0 amide bonds. The third-order valence-electron chi connectivity index (χ3n) is 3.72. The van der Waals surface area contributed by atoms with Gasteiger partial charge in [0.05, 0.1) is 12.1 Å². The standard InChI is InChI=1S/C15H16F3N3O/c16-15(17,18)12-6-4-5-11(9-12)14-19-13(20-22-14)10-21-7-2-1-3-8-21/h4-6,9H,1-3,7-8,10H2. The lowest BCUT2D eigenvalue weighted by molar-refractivity contribution is -0.137. The van der Waals surface area contributed by atoms with Gasteiger partial charge >= 0.3 is 6.18 Å². The van der Waals surface area contributed by atoms with Crippen molar-refractivity contribution >= 4 is 0 Å². The van der Waals surface area contributed by atoms with Crippen molar-refractivity contribution in [3.63, 3.8) is 0 Å². The molecule has 1 aliphatic rings. The van der Waals surface area contributed by atoms with Gasteiger partial charge in [0.15, 0.2) is 5.82 Å². The van der Waals surface area contributed by atoms with Crippen molar-refractivity contribution in [2.24, 2.45) is 0 Å². The van der Waals surface area contributed by atoms with E-state index in [9.17, 15) is 13.2 Å². The molecule has 0 radical (unpaired) electrons. The van der Waals surface area contributed by atoms with Crippen molar-refractivity contribution in [2.45, 2.75) is 32.0 Å². The van der Waals surface area contributed by atoms with Gasteiger partial charge in [-0.1, -0.05) is 17.6 Å². The van der Waals surface area contributed by atoms with Crippen LogP contribution in [0.1, 0.15) is 30.7 Å². The summed E-state index contributed by atoms with van der Waals surface area (Å²) >= 11 is 0. The Morgan fingerprint density at radius 3 is 2.64 bits per heavy atom. The molecule has 0 bridgehead atoms. The molecule has 118 valence electrons. The molecule has 0 saturated carbocycles. The summed E-state index contributed by atoms with van der Waals surface area (Å²) in [6.45, 7) is 2.56. The Bertz CT molecular complexity index is 633. The fourth-order valence-electron chi connectivity index (χ4n) is 2.58. The minimum atomic E-state index is -4.38. The molecule has 4 nitrogen and oxygen atoms in total. The van der Waals surface area contributed by atoms with Gasteiger partial charge in [0, 0.05) is 5.56 Å². The minimum Gasteiger partial charge on any atom is -0.334 e. The normalized spacial score (nSPS) is 16.9. The van der Waals surface area contributed by atoms with E-state index in [0.29, 0.717) is 12.4 Å². The number of halogens is 3. The number of hydrogen-bond donors (Lipinski definition) is 0. The number of alkyl halides is 3. The predicted octanol–water partition coefficient (Wildman–Crippen LogP) is 3.74. The summed E-state index contributed by atoms with van der Waals surface area (Å²) < 4.78 is 43.3. The largest absolute Gasteiger partial charge is 0.416 e. The second-order valence-electron chi connectivity index (χ2n) is 5.43. The summed E-state index contributed by atoms with van der Waals surface area (Å²) in [6.07, 6.45) is -0.846. The first-order valence-electron chi connectivity index (χ1n) is 7.25. The second-order valence-corrected chi connectivity index (χ2v) is 5.43. The van der Waals surface area contributed by atoms with Crippen LogP contribution in [0.2, 0.25) is 0 Å². The molecule has 1 fully saturated rings. The molecule has 7 heteroatoms. The van der Waals surface area contributed by atoms with Crippen LogP contribution in [0.3, 0.4) is 0 Å². The summed E-state index contributed by atoms with van der Waals surface area (Å²) in [5, 5.41) is 3.87. The highest BCUT2D eigenvalue weighted by Gasteiger charge is 2.30. The van der Waals surface area contributed by atoms with Gasteiger partial charge in [-0.25, -0.2) is 0 Å². The fourth-order valence-corrected chi connectivity index (χ4v) is 2.58. The van der Waals surface area contributed by atoms with Crippen LogP contribution >= 0.6 is 0 Å². The Morgan fingerprint density at radius 2 is 1.91 bits per heavy atom. The van der Waals surface area contributed by atoms with Gasteiger partial charge in [0.2, 0.25) is 0 Å². The first-order valence-corrected chi connectivity index (χ1v) is 7.25. The molecule has 0 spiro atoms. The van der Waals surface area contributed by atoms with E-state index in [0.717, 1.165) is 38.1 Å². The van der Waals surface area contributed by atoms with Crippen molar-refractivity contribution in [1.29, 1.82) is 0 Å². The van der Waals surface area contributed by atoms with Crippen LogP contribution in [0.4, 0.5) is 13.2 Å². The van der Waals surface area contributed by atoms with E-state index >= 15 is 0 Å². The van der Waals surface area contributed by atoms with Crippen molar-refractivity contribution in [1.82, 2.24) is 15.0 Å². The maximum atomic E-state index is 12.7. The molecule has 0 unspecified atom stereocenters. The molecule has 1 aromatic heterocycles. The lowest BCUT2D eigenvalue weighted by Gasteiger charge is -2.24. The lowest BCUT2D eigenvalue weighted by Crippen LogP contribution is -2.29. The van der Waals surface area contributed by atoms with E-state index in [-0.39, 0.29) is 11.5 Å². The number of nitrogens with zero attached hydrogens (tertiary/aromatic N) is 3. The molecule has 0 atom stereocenters. The van der Waals surface area contributed by atoms with Gasteiger partial charge in [-0.2, -0.15) is 18.2 Å². The molecule has 2 aromatic rings. The van der Waals surface area contributed by atoms with Crippen LogP contribution in [0, 0.1) is 0 Å². The van der Waals surface area contributed by atoms with E-state index in [1.165, 1.54) is 18.6 Å². The fraction of sp³-hybridized carbons (Fsp3) is 0.467. The predicted molar refractivity (Wildman–Crippen MR) is 73.9 cm³/mol. The average molecular weight is 311 g/mol. The van der Waals surface area contributed by atoms with Crippen molar-refractivity contribution < 1.29 is 17.7 Å². The molecule has 3 rings (SSSR count). The number of aromatic nitrogens is 2. The number of benzene rings is 1. The topological polar surface area (TPSA) is 42.2 Å². The SMILES string of the molecule is FC(F)(F)c1cccc(-c2nc(CN3CCCCC3)no2)c1. The summed E-state index contributed by atoms with van der Waals surface area (Å²) in [5.41, 5.74) is -0.437. The molecule has 1 aromatic carbocycles. The Kier molecular flexibility index (Phi) is 4.15. The van der Waals surface area contributed by atoms with Crippen LogP contribution in [0.15, 0.2) is 28.8 Å². The number of likely N-dealkylation sites (tertiary alicyclic amines) is 1. The Morgan fingerprint density at radius 1 is 1.14 bits per heavy atom. The highest BCUT2D eigenvalue weighted by atomic mass is 19.4.